The predicted molar refractivity (Wildman–Crippen MR) is 122 cm³/mol. The zero-order valence-corrected chi connectivity index (χ0v) is 18.2. The zero-order valence-electron chi connectivity index (χ0n) is 18.2. The topological polar surface area (TPSA) is 93.1 Å². The number of carbonyl (C=O) groups excluding carboxylic acids is 2. The fraction of sp³-hybridized carbons (Fsp3) is 0.0769. The fourth-order valence-corrected chi connectivity index (χ4v) is 3.05. The maximum Gasteiger partial charge on any atom is 0.185 e. The van der Waals surface area contributed by atoms with Crippen LogP contribution in [0.4, 0.5) is 8.78 Å². The largest absolute Gasteiger partial charge is 0.505 e. The first-order valence-electron chi connectivity index (χ1n) is 9.91. The minimum atomic E-state index is -0.903. The molecular weight excluding hydrogens is 446 g/mol. The van der Waals surface area contributed by atoms with E-state index in [4.69, 9.17) is 9.47 Å². The summed E-state index contributed by atoms with van der Waals surface area (Å²) in [7, 11) is 2.85. The second-order valence-corrected chi connectivity index (χ2v) is 7.06. The molecule has 0 fully saturated rings. The van der Waals surface area contributed by atoms with E-state index in [1.54, 1.807) is 12.1 Å². The Labute approximate surface area is 194 Å². The number of benzene rings is 3. The van der Waals surface area contributed by atoms with E-state index in [0.29, 0.717) is 22.6 Å². The third-order valence-corrected chi connectivity index (χ3v) is 4.87. The SMILES string of the molecule is COc1cc(/C=C/C(=O)c2ccc(O)c(F)c2)c(OC)cc1/C=C/C(=O)c1ccc(O)c(F)c1. The predicted octanol–water partition coefficient (Wildman–Crippen LogP) is 5.19. The van der Waals surface area contributed by atoms with Gasteiger partial charge in [-0.15, -0.1) is 0 Å². The van der Waals surface area contributed by atoms with E-state index in [9.17, 15) is 28.6 Å². The number of hydrogen-bond acceptors (Lipinski definition) is 6. The summed E-state index contributed by atoms with van der Waals surface area (Å²) in [6.45, 7) is 0. The van der Waals surface area contributed by atoms with Crippen molar-refractivity contribution in [1.29, 1.82) is 0 Å². The molecule has 0 atom stereocenters. The van der Waals surface area contributed by atoms with Crippen LogP contribution in [-0.2, 0) is 0 Å². The molecule has 6 nitrogen and oxygen atoms in total. The van der Waals surface area contributed by atoms with E-state index in [1.165, 1.54) is 50.7 Å². The van der Waals surface area contributed by atoms with Gasteiger partial charge in [-0.05, 0) is 72.8 Å². The van der Waals surface area contributed by atoms with Crippen LogP contribution in [0.15, 0.2) is 60.7 Å². The summed E-state index contributed by atoms with van der Waals surface area (Å²) in [5, 5.41) is 18.5. The monoisotopic (exact) mass is 466 g/mol. The van der Waals surface area contributed by atoms with Crippen molar-refractivity contribution in [2.75, 3.05) is 14.2 Å². The Bertz CT molecular complexity index is 1210. The molecule has 0 heterocycles. The highest BCUT2D eigenvalue weighted by atomic mass is 19.1. The number of ketones is 2. The van der Waals surface area contributed by atoms with Gasteiger partial charge in [-0.25, -0.2) is 8.78 Å². The van der Waals surface area contributed by atoms with Crippen LogP contribution in [0.2, 0.25) is 0 Å². The Balaban J connectivity index is 1.87. The fourth-order valence-electron chi connectivity index (χ4n) is 3.05. The molecule has 0 spiro atoms. The molecule has 3 aromatic carbocycles. The van der Waals surface area contributed by atoms with Crippen molar-refractivity contribution < 1.29 is 38.1 Å². The summed E-state index contributed by atoms with van der Waals surface area (Å²) < 4.78 is 37.8. The summed E-state index contributed by atoms with van der Waals surface area (Å²) >= 11 is 0. The van der Waals surface area contributed by atoms with Gasteiger partial charge >= 0.3 is 0 Å². The molecule has 8 heteroatoms. The van der Waals surface area contributed by atoms with Gasteiger partial charge in [0, 0.05) is 22.3 Å². The molecule has 0 saturated heterocycles. The second kappa shape index (κ2) is 10.4. The van der Waals surface area contributed by atoms with Gasteiger partial charge in [0.05, 0.1) is 14.2 Å². The lowest BCUT2D eigenvalue weighted by Gasteiger charge is -2.11. The normalized spacial score (nSPS) is 11.2. The lowest BCUT2D eigenvalue weighted by Crippen LogP contribution is -1.97. The Morgan fingerprint density at radius 3 is 1.41 bits per heavy atom. The molecule has 0 aliphatic heterocycles. The van der Waals surface area contributed by atoms with E-state index < -0.39 is 34.7 Å². The first-order valence-corrected chi connectivity index (χ1v) is 9.91. The second-order valence-electron chi connectivity index (χ2n) is 7.06. The molecule has 0 amide bonds. The molecule has 34 heavy (non-hydrogen) atoms. The molecule has 0 aromatic heterocycles. The van der Waals surface area contributed by atoms with Gasteiger partial charge in [-0.1, -0.05) is 0 Å². The Morgan fingerprint density at radius 1 is 0.706 bits per heavy atom. The summed E-state index contributed by atoms with van der Waals surface area (Å²) in [6.07, 6.45) is 5.38. The van der Waals surface area contributed by atoms with Crippen LogP contribution >= 0.6 is 0 Å². The van der Waals surface area contributed by atoms with Gasteiger partial charge in [0.15, 0.2) is 34.7 Å². The van der Waals surface area contributed by atoms with Crippen molar-refractivity contribution in [3.8, 4) is 23.0 Å². The highest BCUT2D eigenvalue weighted by molar-refractivity contribution is 6.08. The lowest BCUT2D eigenvalue weighted by molar-refractivity contribution is 0.103. The van der Waals surface area contributed by atoms with Gasteiger partial charge in [-0.2, -0.15) is 0 Å². The first kappa shape index (κ1) is 24.2. The molecule has 2 N–H and O–H groups in total. The number of rotatable bonds is 8. The van der Waals surface area contributed by atoms with Crippen LogP contribution < -0.4 is 9.47 Å². The highest BCUT2D eigenvalue weighted by Crippen LogP contribution is 2.31. The van der Waals surface area contributed by atoms with Crippen molar-refractivity contribution in [3.63, 3.8) is 0 Å². The van der Waals surface area contributed by atoms with Crippen LogP contribution in [-0.4, -0.2) is 36.0 Å². The molecule has 174 valence electrons. The van der Waals surface area contributed by atoms with Crippen molar-refractivity contribution in [2.45, 2.75) is 0 Å². The standard InChI is InChI=1S/C26H20F2O6/c1-33-25-13-18(6-8-22(30)16-4-10-24(32)20(28)12-16)26(34-2)14-17(25)5-7-21(29)15-3-9-23(31)19(27)11-15/h3-14,31-32H,1-2H3/b7-5+,8-6+. The smallest absolute Gasteiger partial charge is 0.185 e. The summed E-state index contributed by atoms with van der Waals surface area (Å²) in [4.78, 5) is 24.7. The molecule has 3 aromatic rings. The van der Waals surface area contributed by atoms with Crippen LogP contribution in [0.25, 0.3) is 12.2 Å². The van der Waals surface area contributed by atoms with E-state index in [2.05, 4.69) is 0 Å². The number of halogens is 2. The van der Waals surface area contributed by atoms with Gasteiger partial charge < -0.3 is 19.7 Å². The first-order chi connectivity index (χ1) is 16.2. The molecular formula is C26H20F2O6. The maximum atomic E-state index is 13.5. The van der Waals surface area contributed by atoms with Crippen LogP contribution in [0.5, 0.6) is 23.0 Å². The Hall–Kier alpha value is -4.46. The number of hydrogen-bond donors (Lipinski definition) is 2. The van der Waals surface area contributed by atoms with Crippen molar-refractivity contribution in [2.24, 2.45) is 0 Å². The van der Waals surface area contributed by atoms with Crippen molar-refractivity contribution >= 4 is 23.7 Å². The number of phenolic OH excluding ortho intramolecular Hbond substituents is 2. The molecule has 0 aliphatic rings. The number of methoxy groups -OCH3 is 2. The molecule has 3 rings (SSSR count). The van der Waals surface area contributed by atoms with Crippen LogP contribution in [0.1, 0.15) is 31.8 Å². The van der Waals surface area contributed by atoms with Gasteiger partial charge in [0.1, 0.15) is 11.5 Å². The van der Waals surface area contributed by atoms with Crippen LogP contribution in [0, 0.1) is 11.6 Å². The van der Waals surface area contributed by atoms with E-state index in [-0.39, 0.29) is 11.1 Å². The number of phenols is 2. The Kier molecular flexibility index (Phi) is 7.43. The minimum absolute atomic E-state index is 0.0567. The van der Waals surface area contributed by atoms with E-state index in [0.717, 1.165) is 24.3 Å². The average molecular weight is 466 g/mol. The van der Waals surface area contributed by atoms with E-state index >= 15 is 0 Å². The third kappa shape index (κ3) is 5.47. The van der Waals surface area contributed by atoms with Gasteiger partial charge in [-0.3, -0.25) is 9.59 Å². The van der Waals surface area contributed by atoms with Crippen molar-refractivity contribution in [1.82, 2.24) is 0 Å². The number of carbonyl (C=O) groups is 2. The molecule has 0 aliphatic carbocycles. The third-order valence-electron chi connectivity index (χ3n) is 4.87. The minimum Gasteiger partial charge on any atom is -0.505 e. The van der Waals surface area contributed by atoms with Crippen LogP contribution in [0.3, 0.4) is 0 Å². The quantitative estimate of drug-likeness (QED) is 0.351. The lowest BCUT2D eigenvalue weighted by atomic mass is 10.0. The Morgan fingerprint density at radius 2 is 1.09 bits per heavy atom. The number of aromatic hydroxyl groups is 2. The summed E-state index contributed by atoms with van der Waals surface area (Å²) in [5.74, 6) is -3.16. The summed E-state index contributed by atoms with van der Waals surface area (Å²) in [5.41, 5.74) is 1.08. The zero-order chi connectivity index (χ0) is 24.8. The molecule has 0 unspecified atom stereocenters. The summed E-state index contributed by atoms with van der Waals surface area (Å²) in [6, 6.07) is 9.83. The number of ether oxygens (including phenoxy) is 2. The van der Waals surface area contributed by atoms with Gasteiger partial charge in [0.2, 0.25) is 0 Å². The molecule has 0 saturated carbocycles. The molecule has 0 bridgehead atoms. The van der Waals surface area contributed by atoms with E-state index in [1.807, 2.05) is 0 Å². The van der Waals surface area contributed by atoms with Crippen molar-refractivity contribution in [3.05, 3.63) is 94.6 Å². The maximum absolute atomic E-state index is 13.5. The van der Waals surface area contributed by atoms with Gasteiger partial charge in [0.25, 0.3) is 0 Å². The molecule has 0 radical (unpaired) electrons. The highest BCUT2D eigenvalue weighted by Gasteiger charge is 2.12. The number of allylic oxidation sites excluding steroid dienone is 2. The average Bonchev–Trinajstić information content (AvgIpc) is 2.84.